The summed E-state index contributed by atoms with van der Waals surface area (Å²) >= 11 is 0. The molecular weight excluding hydrogens is 502 g/mol. The minimum atomic E-state index is 0.430. The highest BCUT2D eigenvalue weighted by Crippen LogP contribution is 2.35. The van der Waals surface area contributed by atoms with Crippen molar-refractivity contribution in [3.8, 4) is 45.7 Å². The van der Waals surface area contributed by atoms with E-state index < -0.39 is 0 Å². The van der Waals surface area contributed by atoms with Gasteiger partial charge in [0.1, 0.15) is 28.0 Å². The fraction of sp³-hybridized carbons (Fsp3) is 0. The van der Waals surface area contributed by atoms with Gasteiger partial charge in [-0.2, -0.15) is 0 Å². The van der Waals surface area contributed by atoms with E-state index in [1.165, 1.54) is 0 Å². The molecule has 0 saturated carbocycles. The van der Waals surface area contributed by atoms with Crippen LogP contribution in [0, 0.1) is 0 Å². The number of nitrogens with zero attached hydrogens (tertiary/aromatic N) is 9. The average Bonchev–Trinajstić information content (AvgIpc) is 3.73. The summed E-state index contributed by atoms with van der Waals surface area (Å²) in [6, 6.07) is 19.3. The van der Waals surface area contributed by atoms with Crippen LogP contribution >= 0.6 is 0 Å². The lowest BCUT2D eigenvalue weighted by Gasteiger charge is -1.96. The lowest BCUT2D eigenvalue weighted by atomic mass is 10.1. The maximum atomic E-state index is 4.94. The smallest absolute Gasteiger partial charge is 0.183 e. The Morgan fingerprint density at radius 1 is 0.400 bits per heavy atom. The molecule has 0 spiro atoms. The third-order valence-electron chi connectivity index (χ3n) is 7.01. The van der Waals surface area contributed by atoms with E-state index in [0.717, 1.165) is 27.5 Å². The summed E-state index contributed by atoms with van der Waals surface area (Å²) < 4.78 is 0. The van der Waals surface area contributed by atoms with Crippen LogP contribution in [0.3, 0.4) is 0 Å². The highest BCUT2D eigenvalue weighted by molar-refractivity contribution is 6.03. The van der Waals surface area contributed by atoms with E-state index in [2.05, 4.69) is 24.9 Å². The normalized spacial score (nSPS) is 12.0. The molecule has 11 heteroatoms. The second-order valence-corrected chi connectivity index (χ2v) is 9.35. The molecule has 6 aromatic heterocycles. The molecular formula is C29H15N11. The van der Waals surface area contributed by atoms with E-state index in [1.54, 1.807) is 18.6 Å². The van der Waals surface area contributed by atoms with E-state index in [4.69, 9.17) is 29.9 Å². The molecule has 0 unspecified atom stereocenters. The lowest BCUT2D eigenvalue weighted by molar-refractivity contribution is 1.18. The summed E-state index contributed by atoms with van der Waals surface area (Å²) in [6.07, 6.45) is 5.18. The average molecular weight is 518 g/mol. The second kappa shape index (κ2) is 7.77. The number of nitrogens with one attached hydrogen (secondary N) is 2. The number of aromatic nitrogens is 11. The summed E-state index contributed by atoms with van der Waals surface area (Å²) in [7, 11) is 0. The van der Waals surface area contributed by atoms with Gasteiger partial charge in [0, 0.05) is 46.1 Å². The van der Waals surface area contributed by atoms with Crippen LogP contribution in [0.25, 0.3) is 90.1 Å². The van der Waals surface area contributed by atoms with Crippen molar-refractivity contribution in [1.82, 2.24) is 54.8 Å². The molecule has 1 aromatic carbocycles. The van der Waals surface area contributed by atoms with Gasteiger partial charge >= 0.3 is 0 Å². The Morgan fingerprint density at radius 2 is 0.875 bits per heavy atom. The third kappa shape index (κ3) is 2.96. The largest absolute Gasteiger partial charge is 0.322 e. The van der Waals surface area contributed by atoms with Crippen LogP contribution in [0.4, 0.5) is 0 Å². The molecule has 0 saturated heterocycles. The van der Waals surface area contributed by atoms with Crippen LogP contribution < -0.4 is 0 Å². The molecule has 2 N–H and O–H groups in total. The van der Waals surface area contributed by atoms with Gasteiger partial charge in [-0.3, -0.25) is 15.0 Å². The van der Waals surface area contributed by atoms with Gasteiger partial charge < -0.3 is 9.97 Å². The number of H-pyrrole nitrogens is 2. The predicted octanol–water partition coefficient (Wildman–Crippen LogP) is 5.05. The maximum Gasteiger partial charge on any atom is 0.183 e. The number of benzene rings is 1. The number of hydrogen-bond acceptors (Lipinski definition) is 9. The van der Waals surface area contributed by atoms with Crippen LogP contribution in [0.2, 0.25) is 0 Å². The zero-order chi connectivity index (χ0) is 26.2. The number of hydrogen-bond donors (Lipinski definition) is 2. The molecule has 0 fully saturated rings. The predicted molar refractivity (Wildman–Crippen MR) is 149 cm³/mol. The first-order valence-corrected chi connectivity index (χ1v) is 12.6. The molecule has 8 heterocycles. The summed E-state index contributed by atoms with van der Waals surface area (Å²) in [4.78, 5) is 49.8. The fourth-order valence-corrected chi connectivity index (χ4v) is 5.21. The quantitative estimate of drug-likeness (QED) is 0.282. The number of fused-ring (bicyclic) bond motifs is 20. The van der Waals surface area contributed by atoms with Crippen molar-refractivity contribution in [2.75, 3.05) is 0 Å². The third-order valence-corrected chi connectivity index (χ3v) is 7.01. The Labute approximate surface area is 224 Å². The summed E-state index contributed by atoms with van der Waals surface area (Å²) in [5.41, 5.74) is 6.76. The van der Waals surface area contributed by atoms with Crippen molar-refractivity contribution >= 4 is 44.4 Å². The first kappa shape index (κ1) is 21.0. The van der Waals surface area contributed by atoms with E-state index in [0.29, 0.717) is 62.6 Å². The van der Waals surface area contributed by atoms with E-state index >= 15 is 0 Å². The minimum absolute atomic E-state index is 0.430. The highest BCUT2D eigenvalue weighted by Gasteiger charge is 2.22. The molecule has 40 heavy (non-hydrogen) atoms. The number of aromatic amines is 2. The van der Waals surface area contributed by atoms with Gasteiger partial charge in [-0.25, -0.2) is 29.9 Å². The molecule has 186 valence electrons. The molecule has 2 aliphatic rings. The van der Waals surface area contributed by atoms with Gasteiger partial charge in [-0.05, 0) is 36.4 Å². The second-order valence-electron chi connectivity index (χ2n) is 9.35. The molecule has 0 aliphatic carbocycles. The first-order chi connectivity index (χ1) is 19.8. The summed E-state index contributed by atoms with van der Waals surface area (Å²) in [5, 5.41) is 1.63. The van der Waals surface area contributed by atoms with Gasteiger partial charge in [0.05, 0.1) is 0 Å². The SMILES string of the molecule is c1ccc2c(c1)-c1nc-2nc2[nH]c(nc3nc(nc4[nH]c(n1)c1cccnc41)-c1ncccc1-3)c1cccnc21. The maximum absolute atomic E-state index is 4.94. The lowest BCUT2D eigenvalue weighted by Crippen LogP contribution is -1.85. The standard InChI is InChI=1S/C29H15N11/c1-2-7-15-14(6-1)22-33-23(15)36-27-19-16(8-3-11-30-19)25(37-27)35-26-18-10-5-13-32-21(18)29(39-26)40-28-20-17(9-4-12-31-20)24(34-22)38-28/h1-13H,(H2,33,34,35,36,37,38,39,40). The number of rotatable bonds is 0. The molecule has 0 atom stereocenters. The molecule has 11 nitrogen and oxygen atoms in total. The van der Waals surface area contributed by atoms with Gasteiger partial charge in [0.25, 0.3) is 0 Å². The Hall–Kier alpha value is -5.97. The van der Waals surface area contributed by atoms with E-state index in [-0.39, 0.29) is 0 Å². The van der Waals surface area contributed by atoms with E-state index in [9.17, 15) is 0 Å². The Bertz CT molecular complexity index is 2030. The van der Waals surface area contributed by atoms with Crippen molar-refractivity contribution in [1.29, 1.82) is 0 Å². The Kier molecular flexibility index (Phi) is 4.08. The first-order valence-electron chi connectivity index (χ1n) is 12.6. The van der Waals surface area contributed by atoms with Crippen molar-refractivity contribution < 1.29 is 0 Å². The van der Waals surface area contributed by atoms with Crippen LogP contribution in [-0.2, 0) is 0 Å². The van der Waals surface area contributed by atoms with Gasteiger partial charge in [0.15, 0.2) is 34.6 Å². The number of pyridine rings is 3. The molecule has 9 rings (SSSR count). The van der Waals surface area contributed by atoms with Crippen molar-refractivity contribution in [2.45, 2.75) is 0 Å². The Balaban J connectivity index is 1.51. The van der Waals surface area contributed by atoms with Gasteiger partial charge in [-0.1, -0.05) is 24.3 Å². The fourth-order valence-electron chi connectivity index (χ4n) is 5.21. The van der Waals surface area contributed by atoms with Crippen LogP contribution in [0.1, 0.15) is 0 Å². The van der Waals surface area contributed by atoms with Gasteiger partial charge in [0.2, 0.25) is 0 Å². The van der Waals surface area contributed by atoms with Crippen LogP contribution in [0.5, 0.6) is 0 Å². The molecule has 0 amide bonds. The zero-order valence-electron chi connectivity index (χ0n) is 20.5. The van der Waals surface area contributed by atoms with Crippen molar-refractivity contribution in [3.63, 3.8) is 0 Å². The molecule has 0 radical (unpaired) electrons. The summed E-state index contributed by atoms with van der Waals surface area (Å²) in [5.74, 6) is 1.99. The summed E-state index contributed by atoms with van der Waals surface area (Å²) in [6.45, 7) is 0. The topological polar surface area (TPSA) is 148 Å². The minimum Gasteiger partial charge on any atom is -0.322 e. The highest BCUT2D eigenvalue weighted by atomic mass is 15.1. The van der Waals surface area contributed by atoms with Gasteiger partial charge in [-0.15, -0.1) is 0 Å². The molecule has 7 aromatic rings. The zero-order valence-corrected chi connectivity index (χ0v) is 20.5. The van der Waals surface area contributed by atoms with Crippen molar-refractivity contribution in [2.24, 2.45) is 0 Å². The molecule has 8 bridgehead atoms. The monoisotopic (exact) mass is 517 g/mol. The molecule has 2 aliphatic heterocycles. The van der Waals surface area contributed by atoms with Crippen LogP contribution in [-0.4, -0.2) is 54.8 Å². The van der Waals surface area contributed by atoms with Crippen LogP contribution in [0.15, 0.2) is 79.3 Å². The van der Waals surface area contributed by atoms with Crippen molar-refractivity contribution in [3.05, 3.63) is 79.3 Å². The van der Waals surface area contributed by atoms with E-state index in [1.807, 2.05) is 60.7 Å². The Morgan fingerprint density at radius 3 is 1.52 bits per heavy atom.